The number of para-hydroxylation sites is 1. The van der Waals surface area contributed by atoms with Crippen LogP contribution in [0.1, 0.15) is 16.7 Å². The van der Waals surface area contributed by atoms with Gasteiger partial charge in [-0.1, -0.05) is 89.9 Å². The van der Waals surface area contributed by atoms with E-state index < -0.39 is 0 Å². The Morgan fingerprint density at radius 1 is 0.784 bits per heavy atom. The third-order valence-corrected chi connectivity index (χ3v) is 8.04. The summed E-state index contributed by atoms with van der Waals surface area (Å²) in [5, 5.41) is 4.04. The zero-order valence-corrected chi connectivity index (χ0v) is 21.9. The number of rotatable bonds is 5. The minimum absolute atomic E-state index is 0.236. The van der Waals surface area contributed by atoms with Crippen LogP contribution in [0.25, 0.3) is 27.8 Å². The molecule has 1 aliphatic heterocycles. The van der Waals surface area contributed by atoms with Crippen molar-refractivity contribution in [3.8, 4) is 0 Å². The van der Waals surface area contributed by atoms with Crippen molar-refractivity contribution in [2.45, 2.75) is 13.1 Å². The summed E-state index contributed by atoms with van der Waals surface area (Å²) in [6.07, 6.45) is 3.81. The minimum atomic E-state index is -0.277. The largest absolute Gasteiger partial charge is 0.342 e. The maximum Gasteiger partial charge on any atom is 0.293 e. The van der Waals surface area contributed by atoms with Gasteiger partial charge in [-0.25, -0.2) is 0 Å². The van der Waals surface area contributed by atoms with E-state index in [1.165, 1.54) is 4.90 Å². The molecule has 2 amide bonds. The molecule has 1 aliphatic rings. The summed E-state index contributed by atoms with van der Waals surface area (Å²) < 4.78 is 2.09. The van der Waals surface area contributed by atoms with Gasteiger partial charge in [-0.05, 0) is 57.9 Å². The number of carbonyl (C=O) groups excluding carboxylic acids is 2. The molecule has 0 radical (unpaired) electrons. The van der Waals surface area contributed by atoms with Crippen molar-refractivity contribution in [2.24, 2.45) is 0 Å². The summed E-state index contributed by atoms with van der Waals surface area (Å²) in [6.45, 7) is 0.785. The van der Waals surface area contributed by atoms with Gasteiger partial charge >= 0.3 is 0 Å². The topological polar surface area (TPSA) is 42.3 Å². The fourth-order valence-electron chi connectivity index (χ4n) is 4.73. The Bertz CT molecular complexity index is 1740. The molecule has 0 unspecified atom stereocenters. The first kappa shape index (κ1) is 23.9. The van der Waals surface area contributed by atoms with Crippen molar-refractivity contribution in [3.63, 3.8) is 0 Å². The van der Waals surface area contributed by atoms with Crippen LogP contribution in [0.4, 0.5) is 4.79 Å². The number of halogens is 2. The van der Waals surface area contributed by atoms with E-state index in [0.717, 1.165) is 50.1 Å². The molecule has 6 rings (SSSR count). The van der Waals surface area contributed by atoms with Gasteiger partial charge in [0.1, 0.15) is 0 Å². The molecule has 0 spiro atoms. The summed E-state index contributed by atoms with van der Waals surface area (Å²) in [6, 6.07) is 27.4. The zero-order valence-electron chi connectivity index (χ0n) is 19.5. The van der Waals surface area contributed by atoms with E-state index in [4.69, 9.17) is 23.2 Å². The Morgan fingerprint density at radius 2 is 1.54 bits per heavy atom. The maximum absolute atomic E-state index is 13.4. The van der Waals surface area contributed by atoms with E-state index in [0.29, 0.717) is 21.5 Å². The molecule has 0 N–H and O–H groups in total. The molecule has 182 valence electrons. The molecule has 1 saturated heterocycles. The molecular formula is C30H20Cl2N2O2S. The SMILES string of the molecule is O=C1S/C(=C/c2cn(Cc3ccc(Cl)cc3Cl)c3ccccc23)C(=O)N1Cc1cccc2ccccc12. The highest BCUT2D eigenvalue weighted by Gasteiger charge is 2.35. The van der Waals surface area contributed by atoms with Crippen LogP contribution < -0.4 is 0 Å². The molecular weight excluding hydrogens is 523 g/mol. The molecule has 0 atom stereocenters. The van der Waals surface area contributed by atoms with Gasteiger partial charge < -0.3 is 4.57 Å². The number of amides is 2. The second-order valence-electron chi connectivity index (χ2n) is 8.87. The first-order chi connectivity index (χ1) is 18.0. The summed E-state index contributed by atoms with van der Waals surface area (Å²) in [7, 11) is 0. The lowest BCUT2D eigenvalue weighted by molar-refractivity contribution is -0.123. The van der Waals surface area contributed by atoms with E-state index in [-0.39, 0.29) is 17.7 Å². The highest BCUT2D eigenvalue weighted by Crippen LogP contribution is 2.36. The van der Waals surface area contributed by atoms with E-state index >= 15 is 0 Å². The third kappa shape index (κ3) is 4.55. The molecule has 0 bridgehead atoms. The van der Waals surface area contributed by atoms with Gasteiger partial charge in [0.05, 0.1) is 11.4 Å². The van der Waals surface area contributed by atoms with Gasteiger partial charge in [0.25, 0.3) is 11.1 Å². The van der Waals surface area contributed by atoms with Gasteiger partial charge in [0.2, 0.25) is 0 Å². The van der Waals surface area contributed by atoms with E-state index in [1.54, 1.807) is 6.07 Å². The Hall–Kier alpha value is -3.51. The number of imide groups is 1. The maximum atomic E-state index is 13.4. The van der Waals surface area contributed by atoms with E-state index in [1.807, 2.05) is 91.1 Å². The molecule has 0 aliphatic carbocycles. The molecule has 2 heterocycles. The number of thioether (sulfide) groups is 1. The lowest BCUT2D eigenvalue weighted by Gasteiger charge is -2.14. The predicted octanol–water partition coefficient (Wildman–Crippen LogP) is 8.39. The summed E-state index contributed by atoms with van der Waals surface area (Å²) in [4.78, 5) is 28.0. The van der Waals surface area contributed by atoms with Crippen LogP contribution in [0, 0.1) is 0 Å². The third-order valence-electron chi connectivity index (χ3n) is 6.54. The van der Waals surface area contributed by atoms with Gasteiger partial charge in [0.15, 0.2) is 0 Å². The van der Waals surface area contributed by atoms with Crippen molar-refractivity contribution in [3.05, 3.63) is 123 Å². The summed E-state index contributed by atoms with van der Waals surface area (Å²) in [5.74, 6) is -0.277. The lowest BCUT2D eigenvalue weighted by atomic mass is 10.0. The number of hydrogen-bond donors (Lipinski definition) is 0. The molecule has 0 saturated carbocycles. The Balaban J connectivity index is 1.33. The monoisotopic (exact) mass is 542 g/mol. The smallest absolute Gasteiger partial charge is 0.293 e. The number of hydrogen-bond acceptors (Lipinski definition) is 3. The average molecular weight is 543 g/mol. The quantitative estimate of drug-likeness (QED) is 0.209. The number of nitrogens with zero attached hydrogens (tertiary/aromatic N) is 2. The Kier molecular flexibility index (Phi) is 6.29. The van der Waals surface area contributed by atoms with Crippen molar-refractivity contribution >= 4 is 73.9 Å². The van der Waals surface area contributed by atoms with Gasteiger partial charge in [-0.3, -0.25) is 14.5 Å². The highest BCUT2D eigenvalue weighted by molar-refractivity contribution is 8.18. The van der Waals surface area contributed by atoms with Crippen molar-refractivity contribution in [1.29, 1.82) is 0 Å². The first-order valence-corrected chi connectivity index (χ1v) is 13.3. The van der Waals surface area contributed by atoms with Crippen LogP contribution in [-0.4, -0.2) is 20.6 Å². The van der Waals surface area contributed by atoms with Crippen molar-refractivity contribution in [1.82, 2.24) is 9.47 Å². The fourth-order valence-corrected chi connectivity index (χ4v) is 6.03. The van der Waals surface area contributed by atoms with Gasteiger partial charge in [-0.2, -0.15) is 0 Å². The van der Waals surface area contributed by atoms with E-state index in [9.17, 15) is 9.59 Å². The van der Waals surface area contributed by atoms with Crippen LogP contribution in [0.2, 0.25) is 10.0 Å². The normalized spacial score (nSPS) is 15.0. The number of fused-ring (bicyclic) bond motifs is 2. The standard InChI is InChI=1S/C30H20Cl2N2O2S/c31-23-13-12-21(26(32)15-23)16-33-17-22(25-10-3-4-11-27(25)33)14-28-29(35)34(30(36)37-28)18-20-8-5-7-19-6-1-2-9-24(19)20/h1-15,17H,16,18H2/b28-14+. The Morgan fingerprint density at radius 3 is 2.38 bits per heavy atom. The zero-order chi connectivity index (χ0) is 25.5. The average Bonchev–Trinajstić information content (AvgIpc) is 3.37. The van der Waals surface area contributed by atoms with Crippen LogP contribution >= 0.6 is 35.0 Å². The molecule has 7 heteroatoms. The summed E-state index contributed by atoms with van der Waals surface area (Å²) in [5.41, 5.74) is 3.76. The van der Waals surface area contributed by atoms with Crippen molar-refractivity contribution < 1.29 is 9.59 Å². The predicted molar refractivity (Wildman–Crippen MR) is 153 cm³/mol. The molecule has 4 aromatic carbocycles. The van der Waals surface area contributed by atoms with Crippen LogP contribution in [-0.2, 0) is 17.9 Å². The molecule has 4 nitrogen and oxygen atoms in total. The fraction of sp³-hybridized carbons (Fsp3) is 0.0667. The minimum Gasteiger partial charge on any atom is -0.342 e. The van der Waals surface area contributed by atoms with Crippen LogP contribution in [0.5, 0.6) is 0 Å². The molecule has 5 aromatic rings. The number of benzene rings is 4. The van der Waals surface area contributed by atoms with E-state index in [2.05, 4.69) is 4.57 Å². The molecule has 37 heavy (non-hydrogen) atoms. The lowest BCUT2D eigenvalue weighted by Crippen LogP contribution is -2.27. The number of aromatic nitrogens is 1. The van der Waals surface area contributed by atoms with Crippen LogP contribution in [0.15, 0.2) is 96.0 Å². The molecule has 1 fully saturated rings. The highest BCUT2D eigenvalue weighted by atomic mass is 35.5. The Labute approximate surface area is 228 Å². The number of carbonyl (C=O) groups is 2. The van der Waals surface area contributed by atoms with Gasteiger partial charge in [0, 0.05) is 39.3 Å². The summed E-state index contributed by atoms with van der Waals surface area (Å²) >= 11 is 13.5. The molecule has 1 aromatic heterocycles. The van der Waals surface area contributed by atoms with Gasteiger partial charge in [-0.15, -0.1) is 0 Å². The second kappa shape index (κ2) is 9.75. The van der Waals surface area contributed by atoms with Crippen molar-refractivity contribution in [2.75, 3.05) is 0 Å². The first-order valence-electron chi connectivity index (χ1n) is 11.7. The second-order valence-corrected chi connectivity index (χ2v) is 10.7. The van der Waals surface area contributed by atoms with Crippen LogP contribution in [0.3, 0.4) is 0 Å².